The van der Waals surface area contributed by atoms with Crippen molar-refractivity contribution in [3.63, 3.8) is 0 Å². The van der Waals surface area contributed by atoms with Gasteiger partial charge >= 0.3 is 0 Å². The summed E-state index contributed by atoms with van der Waals surface area (Å²) in [6.45, 7) is 1.57. The molecule has 5 atom stereocenters. The molecule has 196 valence electrons. The van der Waals surface area contributed by atoms with Gasteiger partial charge in [-0.25, -0.2) is 0 Å². The molecule has 11 nitrogen and oxygen atoms in total. The molecule has 1 aromatic carbocycles. The van der Waals surface area contributed by atoms with Crippen molar-refractivity contribution in [3.8, 4) is 17.6 Å². The molecule has 3 aliphatic carbocycles. The fraction of sp³-hybridized carbons (Fsp3) is 0.423. The quantitative estimate of drug-likeness (QED) is 0.226. The highest BCUT2D eigenvalue weighted by Crippen LogP contribution is 2.54. The molecule has 0 bridgehead atoms. The summed E-state index contributed by atoms with van der Waals surface area (Å²) >= 11 is 0. The number of fused-ring (bicyclic) bond motifs is 3. The monoisotopic (exact) mass is 511 g/mol. The summed E-state index contributed by atoms with van der Waals surface area (Å²) in [5, 5.41) is 56.5. The highest BCUT2D eigenvalue weighted by molar-refractivity contribution is 6.24. The minimum absolute atomic E-state index is 0.0450. The Labute approximate surface area is 213 Å². The highest BCUT2D eigenvalue weighted by Gasteiger charge is 2.67. The average Bonchev–Trinajstić information content (AvgIpc) is 2.80. The zero-order valence-corrected chi connectivity index (χ0v) is 21.0. The molecule has 1 aromatic rings. The van der Waals surface area contributed by atoms with Gasteiger partial charge in [-0.3, -0.25) is 19.3 Å². The number of aromatic hydroxyl groups is 1. The number of ketones is 2. The molecule has 0 saturated heterocycles. The molecule has 1 amide bonds. The number of aliphatic hydroxyl groups excluding tert-OH is 3. The van der Waals surface area contributed by atoms with Crippen molar-refractivity contribution in [2.75, 3.05) is 33.1 Å². The Morgan fingerprint density at radius 2 is 1.78 bits per heavy atom. The smallest absolute Gasteiger partial charge is 0.255 e. The van der Waals surface area contributed by atoms with E-state index in [1.54, 1.807) is 32.0 Å². The van der Waals surface area contributed by atoms with Crippen molar-refractivity contribution in [1.82, 2.24) is 4.90 Å². The predicted octanol–water partition coefficient (Wildman–Crippen LogP) is -0.628. The Balaban J connectivity index is 2.08. The third kappa shape index (κ3) is 3.37. The van der Waals surface area contributed by atoms with Crippen LogP contribution in [0.25, 0.3) is 5.76 Å². The molecule has 0 aliphatic heterocycles. The van der Waals surface area contributed by atoms with Crippen LogP contribution in [0.1, 0.15) is 23.6 Å². The topological polar surface area (TPSA) is 185 Å². The zero-order valence-electron chi connectivity index (χ0n) is 21.0. The minimum Gasteiger partial charge on any atom is -0.508 e. The van der Waals surface area contributed by atoms with Gasteiger partial charge in [-0.2, -0.15) is 0 Å². The number of benzene rings is 1. The van der Waals surface area contributed by atoms with E-state index in [2.05, 4.69) is 11.8 Å². The van der Waals surface area contributed by atoms with Gasteiger partial charge in [0.25, 0.3) is 5.91 Å². The summed E-state index contributed by atoms with van der Waals surface area (Å²) < 4.78 is 0. The van der Waals surface area contributed by atoms with Crippen LogP contribution in [0.4, 0.5) is 5.69 Å². The van der Waals surface area contributed by atoms with E-state index in [0.29, 0.717) is 11.3 Å². The summed E-state index contributed by atoms with van der Waals surface area (Å²) in [5.41, 5.74) is 2.06. The second kappa shape index (κ2) is 8.62. The number of anilines is 1. The van der Waals surface area contributed by atoms with Gasteiger partial charge in [0.15, 0.2) is 11.4 Å². The average molecular weight is 512 g/mol. The van der Waals surface area contributed by atoms with E-state index in [0.717, 1.165) is 0 Å². The number of likely N-dealkylation sites (N-methyl/N-ethyl adjacent to an activating group) is 1. The van der Waals surface area contributed by atoms with Gasteiger partial charge in [-0.15, -0.1) is 5.92 Å². The SMILES string of the molecule is CC#Cc1cc(N(C)C)c2c(c1O)C(O)=C1C(=O)[C@]3(O)C(O)=C(C(N)=O)C(=O)C(N(C)C)C3C(O)C1C2. The van der Waals surface area contributed by atoms with Gasteiger partial charge in [-0.1, -0.05) is 5.92 Å². The van der Waals surface area contributed by atoms with Crippen molar-refractivity contribution < 1.29 is 39.9 Å². The van der Waals surface area contributed by atoms with Gasteiger partial charge in [0.2, 0.25) is 5.78 Å². The Morgan fingerprint density at radius 1 is 1.16 bits per heavy atom. The Morgan fingerprint density at radius 3 is 2.30 bits per heavy atom. The molecule has 4 unspecified atom stereocenters. The van der Waals surface area contributed by atoms with Crippen molar-refractivity contribution in [1.29, 1.82) is 0 Å². The molecular weight excluding hydrogens is 482 g/mol. The van der Waals surface area contributed by atoms with Crippen LogP contribution < -0.4 is 10.6 Å². The standard InChI is InChI=1S/C26H29N3O8/c1-6-7-10-8-13(28(2)3)11-9-12-15(21(32)14(11)19(10)30)23(34)26(37)17(20(12)31)18(29(4)5)22(33)16(24(26)35)25(27)36/h8,12,17-18,20,30-32,35,37H,9H2,1-5H3,(H2,27,36)/t12?,17?,18?,20?,26-/m0/s1. The number of hydrogen-bond donors (Lipinski definition) is 6. The normalized spacial score (nSPS) is 28.9. The van der Waals surface area contributed by atoms with Crippen LogP contribution in [0.15, 0.2) is 23.0 Å². The molecule has 4 rings (SSSR count). The number of Topliss-reactive ketones (excluding diaryl/α,β-unsaturated/α-hetero) is 2. The number of nitrogens with two attached hydrogens (primary N) is 1. The van der Waals surface area contributed by atoms with Crippen LogP contribution >= 0.6 is 0 Å². The number of carbonyl (C=O) groups excluding carboxylic acids is 3. The number of nitrogens with zero attached hydrogens (tertiary/aromatic N) is 2. The molecular formula is C26H29N3O8. The van der Waals surface area contributed by atoms with Crippen LogP contribution in [0, 0.1) is 23.7 Å². The van der Waals surface area contributed by atoms with Gasteiger partial charge in [0, 0.05) is 31.3 Å². The van der Waals surface area contributed by atoms with Crippen LogP contribution in [-0.2, 0) is 20.8 Å². The van der Waals surface area contributed by atoms with Gasteiger partial charge in [-0.05, 0) is 39.1 Å². The summed E-state index contributed by atoms with van der Waals surface area (Å²) in [5.74, 6) is -3.14. The van der Waals surface area contributed by atoms with Crippen LogP contribution in [-0.4, -0.2) is 93.8 Å². The molecule has 7 N–H and O–H groups in total. The molecule has 11 heteroatoms. The molecule has 37 heavy (non-hydrogen) atoms. The van der Waals surface area contributed by atoms with Crippen molar-refractivity contribution in [3.05, 3.63) is 39.7 Å². The van der Waals surface area contributed by atoms with Gasteiger partial charge < -0.3 is 36.2 Å². The van der Waals surface area contributed by atoms with E-state index in [4.69, 9.17) is 5.73 Å². The lowest BCUT2D eigenvalue weighted by Crippen LogP contribution is -2.70. The number of phenolic OH excluding ortho intramolecular Hbond substituents is 1. The Bertz CT molecular complexity index is 1380. The first-order chi connectivity index (χ1) is 17.2. The lowest BCUT2D eigenvalue weighted by Gasteiger charge is -2.52. The largest absolute Gasteiger partial charge is 0.508 e. The first-order valence-electron chi connectivity index (χ1n) is 11.5. The second-order valence-electron chi connectivity index (χ2n) is 9.96. The van der Waals surface area contributed by atoms with E-state index < -0.39 is 75.5 Å². The van der Waals surface area contributed by atoms with Crippen LogP contribution in [0.2, 0.25) is 0 Å². The predicted molar refractivity (Wildman–Crippen MR) is 133 cm³/mol. The van der Waals surface area contributed by atoms with E-state index in [9.17, 15) is 39.9 Å². The van der Waals surface area contributed by atoms with Gasteiger partial charge in [0.1, 0.15) is 22.8 Å². The zero-order chi connectivity index (χ0) is 27.7. The lowest BCUT2D eigenvalue weighted by molar-refractivity contribution is -0.168. The maximum absolute atomic E-state index is 13.9. The summed E-state index contributed by atoms with van der Waals surface area (Å²) in [6.07, 6.45) is -1.68. The van der Waals surface area contributed by atoms with Crippen LogP contribution in [0.3, 0.4) is 0 Å². The summed E-state index contributed by atoms with van der Waals surface area (Å²) in [7, 11) is 6.39. The minimum atomic E-state index is -2.94. The third-order valence-electron chi connectivity index (χ3n) is 7.52. The molecule has 0 heterocycles. The van der Waals surface area contributed by atoms with Crippen LogP contribution in [0.5, 0.6) is 5.75 Å². The molecule has 1 fully saturated rings. The second-order valence-corrected chi connectivity index (χ2v) is 9.96. The molecule has 0 aromatic heterocycles. The lowest BCUT2D eigenvalue weighted by atomic mass is 9.56. The number of rotatable bonds is 3. The van der Waals surface area contributed by atoms with E-state index in [-0.39, 0.29) is 17.5 Å². The number of carbonyl (C=O) groups is 3. The Kier molecular flexibility index (Phi) is 6.11. The Hall–Kier alpha value is -3.85. The maximum Gasteiger partial charge on any atom is 0.255 e. The molecule has 0 spiro atoms. The maximum atomic E-state index is 13.9. The summed E-state index contributed by atoms with van der Waals surface area (Å²) in [6, 6.07) is 0.230. The number of hydrogen-bond acceptors (Lipinski definition) is 10. The summed E-state index contributed by atoms with van der Waals surface area (Å²) in [4.78, 5) is 42.2. The van der Waals surface area contributed by atoms with Crippen molar-refractivity contribution in [2.45, 2.75) is 31.1 Å². The van der Waals surface area contributed by atoms with Crippen molar-refractivity contribution >= 4 is 28.9 Å². The first kappa shape index (κ1) is 26.2. The number of amides is 1. The van der Waals surface area contributed by atoms with E-state index >= 15 is 0 Å². The number of primary amides is 1. The number of phenols is 1. The first-order valence-corrected chi connectivity index (χ1v) is 11.5. The molecule has 0 radical (unpaired) electrons. The highest BCUT2D eigenvalue weighted by atomic mass is 16.4. The van der Waals surface area contributed by atoms with E-state index in [1.807, 2.05) is 0 Å². The number of aliphatic hydroxyl groups is 4. The molecule has 3 aliphatic rings. The fourth-order valence-corrected chi connectivity index (χ4v) is 5.94. The van der Waals surface area contributed by atoms with E-state index in [1.165, 1.54) is 19.0 Å². The fourth-order valence-electron chi connectivity index (χ4n) is 5.94. The van der Waals surface area contributed by atoms with Gasteiger partial charge in [0.05, 0.1) is 29.2 Å². The third-order valence-corrected chi connectivity index (χ3v) is 7.52. The van der Waals surface area contributed by atoms with Crippen molar-refractivity contribution in [2.24, 2.45) is 17.6 Å². The molecule has 1 saturated carbocycles.